The summed E-state index contributed by atoms with van der Waals surface area (Å²) in [5.74, 6) is 0.966. The maximum atomic E-state index is 11.0. The smallest absolute Gasteiger partial charge is 0.296 e. The Labute approximate surface area is 98.7 Å². The monoisotopic (exact) mass is 238 g/mol. The van der Waals surface area contributed by atoms with Crippen LogP contribution in [0.4, 0.5) is 11.4 Å². The third-order valence-corrected chi connectivity index (χ3v) is 2.70. The molecule has 1 aromatic rings. The molecule has 0 saturated heterocycles. The zero-order valence-corrected chi connectivity index (χ0v) is 9.73. The zero-order chi connectivity index (χ0) is 12.4. The number of fused-ring (bicyclic) bond motifs is 1. The molecule has 0 amide bonds. The van der Waals surface area contributed by atoms with Gasteiger partial charge >= 0.3 is 0 Å². The van der Waals surface area contributed by atoms with Crippen molar-refractivity contribution in [3.8, 4) is 11.5 Å². The molecule has 6 heteroatoms. The van der Waals surface area contributed by atoms with Gasteiger partial charge in [-0.25, -0.2) is 0 Å². The Morgan fingerprint density at radius 2 is 2.12 bits per heavy atom. The number of nitrogens with zero attached hydrogens (tertiary/aromatic N) is 1. The second-order valence-electron chi connectivity index (χ2n) is 3.93. The maximum absolute atomic E-state index is 11.0. The molecule has 92 valence electrons. The van der Waals surface area contributed by atoms with E-state index in [0.29, 0.717) is 17.2 Å². The lowest BCUT2D eigenvalue weighted by Crippen LogP contribution is -2.14. The zero-order valence-electron chi connectivity index (χ0n) is 9.73. The van der Waals surface area contributed by atoms with Gasteiger partial charge in [0.1, 0.15) is 5.69 Å². The molecule has 2 rings (SSSR count). The van der Waals surface area contributed by atoms with Crippen molar-refractivity contribution in [2.75, 3.05) is 12.1 Å². The summed E-state index contributed by atoms with van der Waals surface area (Å²) < 4.78 is 10.3. The van der Waals surface area contributed by atoms with Gasteiger partial charge in [0.15, 0.2) is 11.5 Å². The van der Waals surface area contributed by atoms with Gasteiger partial charge < -0.3 is 14.8 Å². The van der Waals surface area contributed by atoms with Gasteiger partial charge in [-0.3, -0.25) is 10.1 Å². The van der Waals surface area contributed by atoms with Crippen LogP contribution >= 0.6 is 0 Å². The molecule has 0 aromatic heterocycles. The quantitative estimate of drug-likeness (QED) is 0.644. The highest BCUT2D eigenvalue weighted by molar-refractivity contribution is 5.69. The first-order valence-corrected chi connectivity index (χ1v) is 5.46. The van der Waals surface area contributed by atoms with Crippen molar-refractivity contribution < 1.29 is 14.4 Å². The molecule has 17 heavy (non-hydrogen) atoms. The molecule has 0 radical (unpaired) electrons. The van der Waals surface area contributed by atoms with Gasteiger partial charge in [0.05, 0.1) is 11.0 Å². The molecule has 1 aliphatic rings. The second-order valence-corrected chi connectivity index (χ2v) is 3.93. The Morgan fingerprint density at radius 3 is 2.71 bits per heavy atom. The largest absolute Gasteiger partial charge is 0.454 e. The molecule has 0 bridgehead atoms. The number of ether oxygens (including phenoxy) is 2. The summed E-state index contributed by atoms with van der Waals surface area (Å²) in [6, 6.07) is 3.17. The Kier molecular flexibility index (Phi) is 3.03. The van der Waals surface area contributed by atoms with Crippen molar-refractivity contribution in [2.45, 2.75) is 26.3 Å². The molecule has 1 aliphatic heterocycles. The van der Waals surface area contributed by atoms with Crippen LogP contribution in [0, 0.1) is 10.1 Å². The highest BCUT2D eigenvalue weighted by Crippen LogP contribution is 2.40. The van der Waals surface area contributed by atoms with Crippen molar-refractivity contribution in [1.82, 2.24) is 0 Å². The van der Waals surface area contributed by atoms with Gasteiger partial charge in [-0.1, -0.05) is 6.92 Å². The number of anilines is 1. The van der Waals surface area contributed by atoms with Gasteiger partial charge in [0.2, 0.25) is 6.79 Å². The van der Waals surface area contributed by atoms with Gasteiger partial charge in [0.25, 0.3) is 5.69 Å². The number of nitro benzene ring substituents is 1. The molecule has 0 spiro atoms. The summed E-state index contributed by atoms with van der Waals surface area (Å²) in [6.07, 6.45) is 0.881. The van der Waals surface area contributed by atoms with Crippen LogP contribution in [-0.2, 0) is 0 Å². The van der Waals surface area contributed by atoms with E-state index in [1.807, 2.05) is 13.8 Å². The van der Waals surface area contributed by atoms with Crippen LogP contribution in [0.2, 0.25) is 0 Å². The SMILES string of the molecule is CCC(C)Nc1cc2c(cc1[N+](=O)[O-])OCO2. The number of nitrogens with one attached hydrogen (secondary N) is 1. The van der Waals surface area contributed by atoms with E-state index in [4.69, 9.17) is 9.47 Å². The van der Waals surface area contributed by atoms with Crippen LogP contribution in [0.3, 0.4) is 0 Å². The third kappa shape index (κ3) is 2.25. The van der Waals surface area contributed by atoms with Crippen molar-refractivity contribution in [2.24, 2.45) is 0 Å². The minimum atomic E-state index is -0.424. The van der Waals surface area contributed by atoms with Gasteiger partial charge in [-0.05, 0) is 13.3 Å². The van der Waals surface area contributed by atoms with Gasteiger partial charge in [-0.15, -0.1) is 0 Å². The second kappa shape index (κ2) is 4.48. The van der Waals surface area contributed by atoms with E-state index < -0.39 is 4.92 Å². The van der Waals surface area contributed by atoms with E-state index in [0.717, 1.165) is 6.42 Å². The van der Waals surface area contributed by atoms with Crippen LogP contribution in [0.25, 0.3) is 0 Å². The molecule has 0 aliphatic carbocycles. The van der Waals surface area contributed by atoms with Crippen molar-refractivity contribution in [3.63, 3.8) is 0 Å². The fraction of sp³-hybridized carbons (Fsp3) is 0.455. The third-order valence-electron chi connectivity index (χ3n) is 2.70. The number of nitro groups is 1. The molecular formula is C11H14N2O4. The first-order valence-electron chi connectivity index (χ1n) is 5.46. The predicted molar refractivity (Wildman–Crippen MR) is 62.6 cm³/mol. The van der Waals surface area contributed by atoms with Crippen molar-refractivity contribution >= 4 is 11.4 Å². The Balaban J connectivity index is 2.38. The highest BCUT2D eigenvalue weighted by Gasteiger charge is 2.23. The molecule has 1 heterocycles. The lowest BCUT2D eigenvalue weighted by molar-refractivity contribution is -0.384. The fourth-order valence-corrected chi connectivity index (χ4v) is 1.57. The van der Waals surface area contributed by atoms with Crippen LogP contribution in [0.1, 0.15) is 20.3 Å². The van der Waals surface area contributed by atoms with E-state index in [1.54, 1.807) is 6.07 Å². The van der Waals surface area contributed by atoms with Crippen molar-refractivity contribution in [1.29, 1.82) is 0 Å². The molecule has 0 fully saturated rings. The van der Waals surface area contributed by atoms with E-state index in [2.05, 4.69) is 5.32 Å². The normalized spacial score (nSPS) is 14.5. The first-order chi connectivity index (χ1) is 8.11. The molecule has 1 atom stereocenters. The van der Waals surface area contributed by atoms with Crippen LogP contribution < -0.4 is 14.8 Å². The highest BCUT2D eigenvalue weighted by atomic mass is 16.7. The van der Waals surface area contributed by atoms with E-state index >= 15 is 0 Å². The predicted octanol–water partition coefficient (Wildman–Crippen LogP) is 2.53. The lowest BCUT2D eigenvalue weighted by atomic mass is 10.2. The summed E-state index contributed by atoms with van der Waals surface area (Å²) >= 11 is 0. The molecule has 1 N–H and O–H groups in total. The minimum Gasteiger partial charge on any atom is -0.454 e. The average Bonchev–Trinajstić information content (AvgIpc) is 2.74. The van der Waals surface area contributed by atoms with Crippen LogP contribution in [0.5, 0.6) is 11.5 Å². The molecule has 1 unspecified atom stereocenters. The van der Waals surface area contributed by atoms with E-state index in [9.17, 15) is 10.1 Å². The standard InChI is InChI=1S/C11H14N2O4/c1-3-7(2)12-8-4-10-11(17-6-16-10)5-9(8)13(14)15/h4-5,7,12H,3,6H2,1-2H3. The van der Waals surface area contributed by atoms with E-state index in [1.165, 1.54) is 6.07 Å². The molecule has 1 aromatic carbocycles. The summed E-state index contributed by atoms with van der Waals surface area (Å²) in [7, 11) is 0. The fourth-order valence-electron chi connectivity index (χ4n) is 1.57. The maximum Gasteiger partial charge on any atom is 0.296 e. The lowest BCUT2D eigenvalue weighted by Gasteiger charge is -2.13. The summed E-state index contributed by atoms with van der Waals surface area (Å²) in [5, 5.41) is 14.1. The number of rotatable bonds is 4. The Hall–Kier alpha value is -1.98. The summed E-state index contributed by atoms with van der Waals surface area (Å²) in [5.41, 5.74) is 0.475. The number of benzene rings is 1. The Bertz CT molecular complexity index is 447. The van der Waals surface area contributed by atoms with Crippen LogP contribution in [0.15, 0.2) is 12.1 Å². The molecule has 0 saturated carbocycles. The van der Waals surface area contributed by atoms with Gasteiger partial charge in [0, 0.05) is 12.1 Å². The first kappa shape index (κ1) is 11.5. The number of hydrogen-bond acceptors (Lipinski definition) is 5. The van der Waals surface area contributed by atoms with Crippen molar-refractivity contribution in [3.05, 3.63) is 22.2 Å². The summed E-state index contributed by atoms with van der Waals surface area (Å²) in [4.78, 5) is 10.5. The molecule has 6 nitrogen and oxygen atoms in total. The van der Waals surface area contributed by atoms with E-state index in [-0.39, 0.29) is 18.5 Å². The minimum absolute atomic E-state index is 0.00884. The average molecular weight is 238 g/mol. The summed E-state index contributed by atoms with van der Waals surface area (Å²) in [6.45, 7) is 4.09. The van der Waals surface area contributed by atoms with Crippen LogP contribution in [-0.4, -0.2) is 17.8 Å². The number of hydrogen-bond donors (Lipinski definition) is 1. The topological polar surface area (TPSA) is 73.6 Å². The molecular weight excluding hydrogens is 224 g/mol. The van der Waals surface area contributed by atoms with Gasteiger partial charge in [-0.2, -0.15) is 0 Å². The Morgan fingerprint density at radius 1 is 1.47 bits per heavy atom.